The Morgan fingerprint density at radius 2 is 1.67 bits per heavy atom. The van der Waals surface area contributed by atoms with E-state index in [9.17, 15) is 0 Å². The number of nitriles is 1. The second-order valence-corrected chi connectivity index (χ2v) is 5.81. The molecule has 0 aliphatic heterocycles. The zero-order valence-corrected chi connectivity index (χ0v) is 15.7. The zero-order valence-electron chi connectivity index (χ0n) is 15.7. The summed E-state index contributed by atoms with van der Waals surface area (Å²) in [7, 11) is 3.27. The van der Waals surface area contributed by atoms with E-state index in [0.717, 1.165) is 33.2 Å². The number of methoxy groups -OCH3 is 2. The molecule has 27 heavy (non-hydrogen) atoms. The van der Waals surface area contributed by atoms with Crippen molar-refractivity contribution in [2.24, 2.45) is 0 Å². The minimum atomic E-state index is 0.694. The third-order valence-electron chi connectivity index (χ3n) is 4.19. The number of hydrogen-bond acceptors (Lipinski definition) is 5. The number of aromatic nitrogens is 3. The molecular weight excluding hydrogens is 340 g/mol. The maximum atomic E-state index is 7.32. The highest BCUT2D eigenvalue weighted by molar-refractivity contribution is 6.07. The number of nitrogens with zero attached hydrogens (tertiary/aromatic N) is 4. The molecule has 0 aliphatic rings. The van der Waals surface area contributed by atoms with E-state index in [1.54, 1.807) is 20.3 Å². The largest absolute Gasteiger partial charge is 0.493 e. The van der Waals surface area contributed by atoms with Crippen LogP contribution in [0.3, 0.4) is 0 Å². The van der Waals surface area contributed by atoms with Gasteiger partial charge in [0.1, 0.15) is 0 Å². The summed E-state index contributed by atoms with van der Waals surface area (Å²) in [6.45, 7) is 3.43. The Morgan fingerprint density at radius 1 is 1.04 bits per heavy atom. The molecule has 2 heterocycles. The molecule has 0 bridgehead atoms. The van der Waals surface area contributed by atoms with Crippen molar-refractivity contribution >= 4 is 21.8 Å². The summed E-state index contributed by atoms with van der Waals surface area (Å²) in [6, 6.07) is 15.7. The first-order valence-electron chi connectivity index (χ1n) is 8.41. The Kier molecular flexibility index (Phi) is 5.23. The quantitative estimate of drug-likeness (QED) is 0.540. The molecule has 0 atom stereocenters. The molecule has 0 spiro atoms. The SMILES string of the molecule is CC#N.COc1cc2cnc3c(c(C)nn3-c3ccccc3)c2cc1OC. The first-order valence-corrected chi connectivity index (χ1v) is 8.41. The van der Waals surface area contributed by atoms with E-state index >= 15 is 0 Å². The van der Waals surface area contributed by atoms with Crippen molar-refractivity contribution in [2.45, 2.75) is 13.8 Å². The van der Waals surface area contributed by atoms with Crippen LogP contribution < -0.4 is 9.47 Å². The van der Waals surface area contributed by atoms with Gasteiger partial charge in [0.25, 0.3) is 0 Å². The molecule has 0 saturated heterocycles. The predicted octanol–water partition coefficient (Wildman–Crippen LogP) is 4.43. The van der Waals surface area contributed by atoms with Gasteiger partial charge in [0, 0.05) is 23.9 Å². The molecule has 0 fully saturated rings. The standard InChI is InChI=1S/C19H17N3O2.C2H3N/c1-12-18-15-10-17(24-3)16(23-2)9-13(15)11-20-19(18)22(21-12)14-7-5-4-6-8-14;1-2-3/h4-11H,1-3H3;1H3. The fourth-order valence-corrected chi connectivity index (χ4v) is 3.05. The number of hydrogen-bond donors (Lipinski definition) is 0. The topological polar surface area (TPSA) is 73.0 Å². The summed E-state index contributed by atoms with van der Waals surface area (Å²) in [5.41, 5.74) is 2.75. The van der Waals surface area contributed by atoms with Crippen LogP contribution in [-0.2, 0) is 0 Å². The van der Waals surface area contributed by atoms with E-state index in [2.05, 4.69) is 4.98 Å². The number of rotatable bonds is 3. The van der Waals surface area contributed by atoms with Gasteiger partial charge in [0.15, 0.2) is 17.1 Å². The second kappa shape index (κ2) is 7.75. The van der Waals surface area contributed by atoms with Crippen LogP contribution in [0, 0.1) is 18.3 Å². The van der Waals surface area contributed by atoms with Crippen LogP contribution in [0.15, 0.2) is 48.7 Å². The summed E-state index contributed by atoms with van der Waals surface area (Å²) < 4.78 is 12.7. The van der Waals surface area contributed by atoms with E-state index in [1.165, 1.54) is 6.92 Å². The average molecular weight is 360 g/mol. The normalized spacial score (nSPS) is 10.2. The van der Waals surface area contributed by atoms with Gasteiger partial charge in [-0.3, -0.25) is 0 Å². The Balaban J connectivity index is 0.000000659. The minimum absolute atomic E-state index is 0.694. The van der Waals surface area contributed by atoms with E-state index in [0.29, 0.717) is 11.5 Å². The van der Waals surface area contributed by atoms with Gasteiger partial charge in [-0.15, -0.1) is 0 Å². The molecule has 0 aliphatic carbocycles. The Morgan fingerprint density at radius 3 is 2.30 bits per heavy atom. The number of aryl methyl sites for hydroxylation is 1. The molecule has 136 valence electrons. The molecule has 6 heteroatoms. The van der Waals surface area contributed by atoms with Crippen LogP contribution in [-0.4, -0.2) is 29.0 Å². The Labute approximate surface area is 157 Å². The van der Waals surface area contributed by atoms with Crippen molar-refractivity contribution in [1.82, 2.24) is 14.8 Å². The Bertz CT molecular complexity index is 1130. The molecule has 0 radical (unpaired) electrons. The van der Waals surface area contributed by atoms with Gasteiger partial charge >= 0.3 is 0 Å². The smallest absolute Gasteiger partial charge is 0.163 e. The fraction of sp³-hybridized carbons (Fsp3) is 0.190. The molecule has 0 N–H and O–H groups in total. The zero-order chi connectivity index (χ0) is 19.4. The summed E-state index contributed by atoms with van der Waals surface area (Å²) in [4.78, 5) is 4.64. The van der Waals surface area contributed by atoms with Crippen molar-refractivity contribution in [1.29, 1.82) is 5.26 Å². The van der Waals surface area contributed by atoms with Gasteiger partial charge < -0.3 is 9.47 Å². The molecular formula is C21H20N4O2. The molecule has 0 unspecified atom stereocenters. The van der Waals surface area contributed by atoms with Gasteiger partial charge in [-0.25, -0.2) is 9.67 Å². The van der Waals surface area contributed by atoms with Crippen molar-refractivity contribution < 1.29 is 9.47 Å². The molecule has 2 aromatic heterocycles. The second-order valence-electron chi connectivity index (χ2n) is 5.81. The van der Waals surface area contributed by atoms with Crippen LogP contribution in [0.25, 0.3) is 27.5 Å². The van der Waals surface area contributed by atoms with Gasteiger partial charge in [-0.05, 0) is 31.2 Å². The summed E-state index contributed by atoms with van der Waals surface area (Å²) in [5, 5.41) is 15.1. The number of fused-ring (bicyclic) bond motifs is 3. The van der Waals surface area contributed by atoms with Crippen LogP contribution in [0.1, 0.15) is 12.6 Å². The van der Waals surface area contributed by atoms with E-state index in [4.69, 9.17) is 19.8 Å². The summed E-state index contributed by atoms with van der Waals surface area (Å²) >= 11 is 0. The van der Waals surface area contributed by atoms with Crippen molar-refractivity contribution in [2.75, 3.05) is 14.2 Å². The molecule has 4 rings (SSSR count). The first kappa shape index (κ1) is 18.2. The fourth-order valence-electron chi connectivity index (χ4n) is 3.05. The van der Waals surface area contributed by atoms with Crippen molar-refractivity contribution in [3.8, 4) is 23.3 Å². The van der Waals surface area contributed by atoms with Crippen LogP contribution >= 0.6 is 0 Å². The monoisotopic (exact) mass is 360 g/mol. The number of benzene rings is 2. The van der Waals surface area contributed by atoms with Crippen LogP contribution in [0.5, 0.6) is 11.5 Å². The summed E-state index contributed by atoms with van der Waals surface area (Å²) in [6.07, 6.45) is 1.85. The van der Waals surface area contributed by atoms with E-state index in [1.807, 2.05) is 60.3 Å². The lowest BCUT2D eigenvalue weighted by Crippen LogP contribution is -1.97. The highest BCUT2D eigenvalue weighted by atomic mass is 16.5. The third kappa shape index (κ3) is 3.27. The van der Waals surface area contributed by atoms with Gasteiger partial charge in [0.2, 0.25) is 0 Å². The number of pyridine rings is 1. The molecule has 6 nitrogen and oxygen atoms in total. The highest BCUT2D eigenvalue weighted by Crippen LogP contribution is 2.36. The summed E-state index contributed by atoms with van der Waals surface area (Å²) in [5.74, 6) is 1.39. The van der Waals surface area contributed by atoms with E-state index in [-0.39, 0.29) is 0 Å². The van der Waals surface area contributed by atoms with Crippen LogP contribution in [0.2, 0.25) is 0 Å². The van der Waals surface area contributed by atoms with Gasteiger partial charge in [0.05, 0.1) is 37.1 Å². The van der Waals surface area contributed by atoms with Crippen LogP contribution in [0.4, 0.5) is 0 Å². The third-order valence-corrected chi connectivity index (χ3v) is 4.19. The lowest BCUT2D eigenvalue weighted by Gasteiger charge is -2.10. The number of ether oxygens (including phenoxy) is 2. The molecule has 0 amide bonds. The molecule has 0 saturated carbocycles. The van der Waals surface area contributed by atoms with Gasteiger partial charge in [-0.1, -0.05) is 18.2 Å². The van der Waals surface area contributed by atoms with Gasteiger partial charge in [-0.2, -0.15) is 10.4 Å². The van der Waals surface area contributed by atoms with Crippen molar-refractivity contribution in [3.05, 3.63) is 54.4 Å². The average Bonchev–Trinajstić information content (AvgIpc) is 3.05. The minimum Gasteiger partial charge on any atom is -0.493 e. The Hall–Kier alpha value is -3.59. The molecule has 4 aromatic rings. The first-order chi connectivity index (χ1) is 13.1. The number of para-hydroxylation sites is 1. The lowest BCUT2D eigenvalue weighted by atomic mass is 10.1. The maximum Gasteiger partial charge on any atom is 0.163 e. The maximum absolute atomic E-state index is 7.32. The van der Waals surface area contributed by atoms with E-state index < -0.39 is 0 Å². The molecule has 2 aromatic carbocycles. The predicted molar refractivity (Wildman–Crippen MR) is 105 cm³/mol. The lowest BCUT2D eigenvalue weighted by molar-refractivity contribution is 0.356. The van der Waals surface area contributed by atoms with Crippen molar-refractivity contribution in [3.63, 3.8) is 0 Å². The highest BCUT2D eigenvalue weighted by Gasteiger charge is 2.16.